The van der Waals surface area contributed by atoms with E-state index in [1.54, 1.807) is 12.3 Å². The molecule has 0 amide bonds. The van der Waals surface area contributed by atoms with E-state index < -0.39 is 0 Å². The number of fused-ring (bicyclic) bond motifs is 1. The Morgan fingerprint density at radius 3 is 3.14 bits per heavy atom. The first-order chi connectivity index (χ1) is 10.3. The van der Waals surface area contributed by atoms with E-state index in [1.165, 1.54) is 11.1 Å². The average molecular weight is 284 g/mol. The lowest BCUT2D eigenvalue weighted by Gasteiger charge is -2.14. The minimum Gasteiger partial charge on any atom is -0.478 e. The number of nitrogen functional groups attached to an aromatic ring is 1. The molecule has 1 atom stereocenters. The largest absolute Gasteiger partial charge is 0.478 e. The van der Waals surface area contributed by atoms with Gasteiger partial charge in [0, 0.05) is 18.0 Å². The van der Waals surface area contributed by atoms with Crippen LogP contribution in [-0.4, -0.2) is 16.6 Å². The molecule has 0 bridgehead atoms. The van der Waals surface area contributed by atoms with E-state index in [9.17, 15) is 0 Å². The van der Waals surface area contributed by atoms with Gasteiger partial charge in [0.15, 0.2) is 0 Å². The zero-order chi connectivity index (χ0) is 14.7. The third-order valence-corrected chi connectivity index (χ3v) is 3.63. The first-order valence-electron chi connectivity index (χ1n) is 7.37. The van der Waals surface area contributed by atoms with Crippen LogP contribution < -0.4 is 15.8 Å². The molecule has 0 saturated heterocycles. The second-order valence-electron chi connectivity index (χ2n) is 5.26. The summed E-state index contributed by atoms with van der Waals surface area (Å²) in [6.45, 7) is 2.74. The van der Waals surface area contributed by atoms with Crippen LogP contribution in [0.25, 0.3) is 0 Å². The van der Waals surface area contributed by atoms with E-state index in [1.807, 2.05) is 6.07 Å². The number of ether oxygens (including phenoxy) is 1. The third-order valence-electron chi connectivity index (χ3n) is 3.63. The molecule has 21 heavy (non-hydrogen) atoms. The molecule has 5 nitrogen and oxygen atoms in total. The van der Waals surface area contributed by atoms with Crippen molar-refractivity contribution in [1.82, 2.24) is 9.97 Å². The van der Waals surface area contributed by atoms with Crippen LogP contribution in [0, 0.1) is 0 Å². The molecular weight excluding hydrogens is 264 g/mol. The highest BCUT2D eigenvalue weighted by Crippen LogP contribution is 2.34. The van der Waals surface area contributed by atoms with Crippen LogP contribution >= 0.6 is 0 Å². The molecule has 0 spiro atoms. The van der Waals surface area contributed by atoms with Gasteiger partial charge in [0.1, 0.15) is 0 Å². The fourth-order valence-corrected chi connectivity index (χ4v) is 2.64. The van der Waals surface area contributed by atoms with Crippen molar-refractivity contribution in [3.8, 4) is 5.88 Å². The Balaban J connectivity index is 1.73. The maximum absolute atomic E-state index is 5.83. The highest BCUT2D eigenvalue weighted by Gasteiger charge is 2.23. The van der Waals surface area contributed by atoms with Crippen LogP contribution in [-0.2, 0) is 6.42 Å². The van der Waals surface area contributed by atoms with Gasteiger partial charge in [0.25, 0.3) is 0 Å². The second kappa shape index (κ2) is 5.99. The van der Waals surface area contributed by atoms with Crippen LogP contribution in [0.3, 0.4) is 0 Å². The quantitative estimate of drug-likeness (QED) is 0.826. The smallest absolute Gasteiger partial charge is 0.226 e. The second-order valence-corrected chi connectivity index (χ2v) is 5.26. The summed E-state index contributed by atoms with van der Waals surface area (Å²) in [5.74, 6) is 1.23. The molecule has 3 N–H and O–H groups in total. The van der Waals surface area contributed by atoms with Gasteiger partial charge in [-0.3, -0.25) is 0 Å². The molecule has 2 aromatic rings. The number of aryl methyl sites for hydroxylation is 1. The molecule has 5 heteroatoms. The molecule has 1 heterocycles. The fraction of sp³-hybridized carbons (Fsp3) is 0.375. The Labute approximate surface area is 124 Å². The molecular formula is C16H20N4O. The Bertz CT molecular complexity index is 629. The minimum atomic E-state index is 0.238. The Morgan fingerprint density at radius 1 is 1.38 bits per heavy atom. The van der Waals surface area contributed by atoms with E-state index in [2.05, 4.69) is 34.3 Å². The van der Waals surface area contributed by atoms with Gasteiger partial charge in [-0.15, -0.1) is 0 Å². The predicted octanol–water partition coefficient (Wildman–Crippen LogP) is 2.95. The molecule has 110 valence electrons. The zero-order valence-electron chi connectivity index (χ0n) is 12.2. The van der Waals surface area contributed by atoms with Gasteiger partial charge in [-0.25, -0.2) is 4.98 Å². The lowest BCUT2D eigenvalue weighted by molar-refractivity contribution is 0.305. The summed E-state index contributed by atoms with van der Waals surface area (Å²) in [5.41, 5.74) is 9.25. The van der Waals surface area contributed by atoms with Crippen molar-refractivity contribution < 1.29 is 4.74 Å². The van der Waals surface area contributed by atoms with Gasteiger partial charge in [0.05, 0.1) is 12.6 Å². The number of hydrogen-bond acceptors (Lipinski definition) is 5. The highest BCUT2D eigenvalue weighted by molar-refractivity contribution is 5.49. The summed E-state index contributed by atoms with van der Waals surface area (Å²) in [7, 11) is 0. The number of anilines is 2. The number of rotatable bonds is 5. The van der Waals surface area contributed by atoms with Crippen molar-refractivity contribution in [2.45, 2.75) is 32.2 Å². The van der Waals surface area contributed by atoms with E-state index >= 15 is 0 Å². The van der Waals surface area contributed by atoms with Gasteiger partial charge in [-0.05, 0) is 42.5 Å². The van der Waals surface area contributed by atoms with Crippen molar-refractivity contribution in [2.24, 2.45) is 0 Å². The van der Waals surface area contributed by atoms with Gasteiger partial charge < -0.3 is 15.8 Å². The van der Waals surface area contributed by atoms with Gasteiger partial charge >= 0.3 is 0 Å². The third kappa shape index (κ3) is 3.07. The Morgan fingerprint density at radius 2 is 2.29 bits per heavy atom. The summed E-state index contributed by atoms with van der Waals surface area (Å²) < 4.78 is 5.54. The first-order valence-corrected chi connectivity index (χ1v) is 7.37. The lowest BCUT2D eigenvalue weighted by atomic mass is 10.1. The maximum atomic E-state index is 5.83. The first kappa shape index (κ1) is 13.7. The predicted molar refractivity (Wildman–Crippen MR) is 83.4 cm³/mol. The summed E-state index contributed by atoms with van der Waals surface area (Å²) in [4.78, 5) is 8.67. The van der Waals surface area contributed by atoms with E-state index in [4.69, 9.17) is 10.5 Å². The number of hydrogen-bond donors (Lipinski definition) is 2. The fourth-order valence-electron chi connectivity index (χ4n) is 2.64. The maximum Gasteiger partial charge on any atom is 0.226 e. The van der Waals surface area contributed by atoms with Crippen LogP contribution in [0.2, 0.25) is 0 Å². The molecule has 1 aromatic heterocycles. The molecule has 0 fully saturated rings. The zero-order valence-corrected chi connectivity index (χ0v) is 12.2. The topological polar surface area (TPSA) is 73.1 Å². The van der Waals surface area contributed by atoms with Crippen molar-refractivity contribution in [3.63, 3.8) is 0 Å². The standard InChI is InChI=1S/C16H20N4O/c1-2-9-21-15-7-8-18-16(20-15)19-14-6-3-11-10-12(17)4-5-13(11)14/h4-5,7-8,10,14H,2-3,6,9,17H2,1H3,(H,18,19,20). The van der Waals surface area contributed by atoms with Crippen molar-refractivity contribution >= 4 is 11.6 Å². The van der Waals surface area contributed by atoms with Crippen LogP contribution in [0.15, 0.2) is 30.5 Å². The summed E-state index contributed by atoms with van der Waals surface area (Å²) >= 11 is 0. The van der Waals surface area contributed by atoms with E-state index in [0.717, 1.165) is 24.9 Å². The van der Waals surface area contributed by atoms with Gasteiger partial charge in [0.2, 0.25) is 11.8 Å². The number of nitrogens with two attached hydrogens (primary N) is 1. The van der Waals surface area contributed by atoms with Gasteiger partial charge in [-0.1, -0.05) is 13.0 Å². The SMILES string of the molecule is CCCOc1ccnc(NC2CCc3cc(N)ccc32)n1. The van der Waals surface area contributed by atoms with Crippen LogP contribution in [0.4, 0.5) is 11.6 Å². The molecule has 1 aliphatic carbocycles. The average Bonchev–Trinajstić information content (AvgIpc) is 2.87. The van der Waals surface area contributed by atoms with Crippen LogP contribution in [0.1, 0.15) is 36.9 Å². The monoisotopic (exact) mass is 284 g/mol. The normalized spacial score (nSPS) is 16.5. The summed E-state index contributed by atoms with van der Waals surface area (Å²) in [6, 6.07) is 8.11. The minimum absolute atomic E-state index is 0.238. The number of nitrogens with one attached hydrogen (secondary N) is 1. The molecule has 1 aliphatic rings. The number of aromatic nitrogens is 2. The van der Waals surface area contributed by atoms with Crippen molar-refractivity contribution in [1.29, 1.82) is 0 Å². The molecule has 0 radical (unpaired) electrons. The molecule has 1 aromatic carbocycles. The number of benzene rings is 1. The van der Waals surface area contributed by atoms with Crippen molar-refractivity contribution in [3.05, 3.63) is 41.6 Å². The molecule has 1 unspecified atom stereocenters. The molecule has 0 aliphatic heterocycles. The van der Waals surface area contributed by atoms with Crippen molar-refractivity contribution in [2.75, 3.05) is 17.7 Å². The van der Waals surface area contributed by atoms with E-state index in [0.29, 0.717) is 18.4 Å². The summed E-state index contributed by atoms with van der Waals surface area (Å²) in [5, 5.41) is 3.39. The van der Waals surface area contributed by atoms with Gasteiger partial charge in [-0.2, -0.15) is 4.98 Å². The highest BCUT2D eigenvalue weighted by atomic mass is 16.5. The van der Waals surface area contributed by atoms with E-state index in [-0.39, 0.29) is 6.04 Å². The molecule has 0 saturated carbocycles. The summed E-state index contributed by atoms with van der Waals surface area (Å²) in [6.07, 6.45) is 4.75. The number of nitrogens with zero attached hydrogens (tertiary/aromatic N) is 2. The lowest BCUT2D eigenvalue weighted by Crippen LogP contribution is -2.10. The Hall–Kier alpha value is -2.30. The molecule has 3 rings (SSSR count). The Kier molecular flexibility index (Phi) is 3.90. The van der Waals surface area contributed by atoms with Crippen LogP contribution in [0.5, 0.6) is 5.88 Å².